The van der Waals surface area contributed by atoms with E-state index in [0.29, 0.717) is 28.7 Å². The quantitative estimate of drug-likeness (QED) is 0.179. The summed E-state index contributed by atoms with van der Waals surface area (Å²) in [6, 6.07) is 16.0. The van der Waals surface area contributed by atoms with Crippen LogP contribution in [0.15, 0.2) is 64.9 Å². The minimum absolute atomic E-state index is 0.0624. The van der Waals surface area contributed by atoms with Gasteiger partial charge in [0.2, 0.25) is 15.2 Å². The molecule has 0 bridgehead atoms. The minimum Gasteiger partial charge on any atom is -0.476 e. The first-order valence-corrected chi connectivity index (χ1v) is 16.8. The van der Waals surface area contributed by atoms with Crippen molar-refractivity contribution in [3.8, 4) is 16.4 Å². The van der Waals surface area contributed by atoms with Crippen LogP contribution in [0.5, 0.6) is 0 Å². The molecule has 3 aromatic heterocycles. The van der Waals surface area contributed by atoms with Crippen molar-refractivity contribution in [1.29, 1.82) is 0 Å². The number of hydrogen-bond donors (Lipinski definition) is 2. The number of carboxylic acid groups (broad SMARTS) is 1. The lowest BCUT2D eigenvalue weighted by Crippen LogP contribution is -2.14. The molecule has 43 heavy (non-hydrogen) atoms. The minimum atomic E-state index is -4.21. The van der Waals surface area contributed by atoms with Crippen molar-refractivity contribution >= 4 is 50.8 Å². The number of rotatable bonds is 10. The predicted octanol–water partition coefficient (Wildman–Crippen LogP) is 6.56. The molecular formula is C31H27FN4O4S3. The number of carboxylic acids is 1. The van der Waals surface area contributed by atoms with E-state index in [1.165, 1.54) is 33.7 Å². The lowest BCUT2D eigenvalue weighted by Gasteiger charge is -2.10. The number of halogens is 1. The molecule has 0 aliphatic heterocycles. The molecule has 6 rings (SSSR count). The first-order valence-electron chi connectivity index (χ1n) is 13.5. The second-order valence-electron chi connectivity index (χ2n) is 10.5. The van der Waals surface area contributed by atoms with Gasteiger partial charge in [-0.3, -0.25) is 0 Å². The topological polar surface area (TPSA) is 128 Å². The van der Waals surface area contributed by atoms with Crippen LogP contribution in [0.25, 0.3) is 28.5 Å². The maximum absolute atomic E-state index is 14.9. The van der Waals surface area contributed by atoms with E-state index >= 15 is 0 Å². The lowest BCUT2D eigenvalue weighted by molar-refractivity contribution is 0.0691. The van der Waals surface area contributed by atoms with E-state index in [-0.39, 0.29) is 12.1 Å². The van der Waals surface area contributed by atoms with Gasteiger partial charge in [-0.15, -0.1) is 22.7 Å². The molecule has 12 heteroatoms. The molecule has 1 aliphatic rings. The van der Waals surface area contributed by atoms with Gasteiger partial charge < -0.3 is 5.11 Å². The second kappa shape index (κ2) is 11.6. The number of nitrogens with two attached hydrogens (primary N) is 1. The Morgan fingerprint density at radius 3 is 2.63 bits per heavy atom. The highest BCUT2D eigenvalue weighted by molar-refractivity contribution is 7.89. The highest BCUT2D eigenvalue weighted by Crippen LogP contribution is 2.38. The Kier molecular flexibility index (Phi) is 7.86. The fourth-order valence-corrected chi connectivity index (χ4v) is 7.07. The van der Waals surface area contributed by atoms with Gasteiger partial charge >= 0.3 is 5.97 Å². The Balaban J connectivity index is 1.48. The molecule has 220 valence electrons. The van der Waals surface area contributed by atoms with Crippen LogP contribution in [-0.2, 0) is 22.9 Å². The molecule has 3 N–H and O–H groups in total. The average Bonchev–Trinajstić information content (AvgIpc) is 3.30. The Morgan fingerprint density at radius 2 is 1.98 bits per heavy atom. The third-order valence-corrected chi connectivity index (χ3v) is 9.93. The first kappa shape index (κ1) is 29.1. The molecular weight excluding hydrogens is 608 g/mol. The Hall–Kier alpha value is -3.97. The fraction of sp³-hybridized carbons (Fsp3) is 0.194. The summed E-state index contributed by atoms with van der Waals surface area (Å²) in [4.78, 5) is 17.7. The van der Waals surface area contributed by atoms with Crippen LogP contribution in [0.2, 0.25) is 0 Å². The number of thiophene rings is 1. The number of primary sulfonamides is 1. The summed E-state index contributed by atoms with van der Waals surface area (Å²) < 4.78 is 40.2. The van der Waals surface area contributed by atoms with Crippen LogP contribution in [0.4, 0.5) is 4.39 Å². The van der Waals surface area contributed by atoms with Gasteiger partial charge in [-0.1, -0.05) is 30.3 Å². The molecule has 0 spiro atoms. The van der Waals surface area contributed by atoms with E-state index in [1.54, 1.807) is 22.1 Å². The van der Waals surface area contributed by atoms with Crippen LogP contribution >= 0.6 is 22.7 Å². The van der Waals surface area contributed by atoms with Crippen molar-refractivity contribution < 1.29 is 22.7 Å². The van der Waals surface area contributed by atoms with Crippen molar-refractivity contribution in [2.75, 3.05) is 0 Å². The molecule has 1 saturated carbocycles. The number of nitrogens with zero attached hydrogens (tertiary/aromatic N) is 3. The van der Waals surface area contributed by atoms with Gasteiger partial charge in [0.1, 0.15) is 10.7 Å². The summed E-state index contributed by atoms with van der Waals surface area (Å²) in [5.41, 5.74) is 4.68. The summed E-state index contributed by atoms with van der Waals surface area (Å²) in [5.74, 6) is -1.59. The van der Waals surface area contributed by atoms with Gasteiger partial charge in [0.15, 0.2) is 5.69 Å². The van der Waals surface area contributed by atoms with Crippen LogP contribution in [0.1, 0.15) is 55.5 Å². The van der Waals surface area contributed by atoms with E-state index in [1.807, 2.05) is 30.3 Å². The van der Waals surface area contributed by atoms with Crippen molar-refractivity contribution in [2.24, 2.45) is 11.1 Å². The smallest absolute Gasteiger partial charge is 0.355 e. The summed E-state index contributed by atoms with van der Waals surface area (Å²) in [6.45, 7) is 2.07. The molecule has 0 unspecified atom stereocenters. The summed E-state index contributed by atoms with van der Waals surface area (Å²) in [7, 11) is -4.21. The third-order valence-electron chi connectivity index (χ3n) is 7.21. The highest BCUT2D eigenvalue weighted by atomic mass is 32.2. The summed E-state index contributed by atoms with van der Waals surface area (Å²) in [6.07, 6.45) is 7.20. The van der Waals surface area contributed by atoms with Gasteiger partial charge in [-0.05, 0) is 79.6 Å². The zero-order valence-electron chi connectivity index (χ0n) is 23.0. The van der Waals surface area contributed by atoms with Crippen molar-refractivity contribution in [2.45, 2.75) is 37.5 Å². The number of aryl methyl sites for hydroxylation is 1. The van der Waals surface area contributed by atoms with E-state index in [4.69, 9.17) is 10.2 Å². The van der Waals surface area contributed by atoms with Crippen molar-refractivity contribution in [3.63, 3.8) is 0 Å². The number of benzene rings is 2. The second-order valence-corrected chi connectivity index (χ2v) is 14.2. The van der Waals surface area contributed by atoms with Gasteiger partial charge in [0.25, 0.3) is 0 Å². The Bertz CT molecular complexity index is 1990. The average molecular weight is 635 g/mol. The van der Waals surface area contributed by atoms with Gasteiger partial charge in [0.05, 0.1) is 11.4 Å². The van der Waals surface area contributed by atoms with Crippen molar-refractivity contribution in [3.05, 3.63) is 104 Å². The van der Waals surface area contributed by atoms with Crippen LogP contribution in [-0.4, -0.2) is 34.3 Å². The number of thiazole rings is 1. The standard InChI is InChI=1S/C31H27FN4O4S3/c1-18-5-10-23(42-18)11-8-19-3-2-4-22(13-19)29-24(14-21-9-12-28(25(32)15-21)43(33,39)40)27(16-20-6-7-20)36(35-29)31-34-26(17-41-31)30(37)38/h2-5,8-13,15,17,20H,6-7,14,16H2,1H3,(H,37,38)(H2,33,39,40). The molecule has 0 atom stereocenters. The Labute approximate surface area is 256 Å². The number of hydrogen-bond acceptors (Lipinski definition) is 7. The molecule has 5 aromatic rings. The Morgan fingerprint density at radius 1 is 1.16 bits per heavy atom. The van der Waals surface area contributed by atoms with Crippen LogP contribution < -0.4 is 5.14 Å². The lowest BCUT2D eigenvalue weighted by atomic mass is 9.96. The molecule has 0 amide bonds. The molecule has 2 aromatic carbocycles. The summed E-state index contributed by atoms with van der Waals surface area (Å²) in [5, 5.41) is 21.6. The maximum atomic E-state index is 14.9. The maximum Gasteiger partial charge on any atom is 0.355 e. The van der Waals surface area contributed by atoms with Gasteiger partial charge in [0, 0.05) is 32.7 Å². The van der Waals surface area contributed by atoms with Crippen molar-refractivity contribution in [1.82, 2.24) is 14.8 Å². The van der Waals surface area contributed by atoms with Gasteiger partial charge in [-0.25, -0.2) is 32.4 Å². The zero-order valence-corrected chi connectivity index (χ0v) is 25.5. The largest absolute Gasteiger partial charge is 0.476 e. The monoisotopic (exact) mass is 634 g/mol. The number of carbonyl (C=O) groups is 1. The van der Waals surface area contributed by atoms with Crippen LogP contribution in [0, 0.1) is 18.7 Å². The molecule has 3 heterocycles. The predicted molar refractivity (Wildman–Crippen MR) is 167 cm³/mol. The van der Waals surface area contributed by atoms with Gasteiger partial charge in [-0.2, -0.15) is 5.10 Å². The number of aromatic nitrogens is 3. The van der Waals surface area contributed by atoms with E-state index < -0.39 is 26.7 Å². The SMILES string of the molecule is Cc1ccc(C=Cc2cccc(-c3nn(-c4nc(C(=O)O)cs4)c(CC4CC4)c3Cc3ccc(S(N)(=O)=O)c(F)c3)c2)s1. The van der Waals surface area contributed by atoms with E-state index in [0.717, 1.165) is 40.1 Å². The summed E-state index contributed by atoms with van der Waals surface area (Å²) >= 11 is 2.90. The van der Waals surface area contributed by atoms with E-state index in [2.05, 4.69) is 30.1 Å². The molecule has 1 fully saturated rings. The highest BCUT2D eigenvalue weighted by Gasteiger charge is 2.29. The molecule has 8 nitrogen and oxygen atoms in total. The van der Waals surface area contributed by atoms with Crippen LogP contribution in [0.3, 0.4) is 0 Å². The number of aromatic carboxylic acids is 1. The van der Waals surface area contributed by atoms with E-state index in [9.17, 15) is 22.7 Å². The molecule has 0 radical (unpaired) electrons. The molecule has 1 aliphatic carbocycles. The first-order chi connectivity index (χ1) is 20.5. The molecule has 0 saturated heterocycles. The zero-order chi connectivity index (χ0) is 30.3. The third kappa shape index (κ3) is 6.52. The fourth-order valence-electron chi connectivity index (χ4n) is 4.93. The number of sulfonamides is 1. The normalized spacial score (nSPS) is 13.7.